The van der Waals surface area contributed by atoms with Gasteiger partial charge >= 0.3 is 5.97 Å². The molecule has 0 spiro atoms. The number of aromatic hydroxyl groups is 1. The normalized spacial score (nSPS) is 23.6. The highest BCUT2D eigenvalue weighted by atomic mass is 16.4. The second kappa shape index (κ2) is 6.27. The van der Waals surface area contributed by atoms with Crippen LogP contribution in [0.2, 0.25) is 0 Å². The molecule has 110 valence electrons. The van der Waals surface area contributed by atoms with E-state index < -0.39 is 11.4 Å². The number of carboxylic acids is 1. The number of carboxylic acid groups (broad SMARTS) is 1. The van der Waals surface area contributed by atoms with Crippen molar-refractivity contribution in [1.82, 2.24) is 4.90 Å². The number of phenols is 1. The lowest BCUT2D eigenvalue weighted by molar-refractivity contribution is -0.153. The second-order valence-electron chi connectivity index (χ2n) is 5.82. The average Bonchev–Trinajstić information content (AvgIpc) is 2.39. The minimum absolute atomic E-state index is 0.262. The number of hydrogen-bond acceptors (Lipinski definition) is 3. The predicted molar refractivity (Wildman–Crippen MR) is 77.6 cm³/mol. The van der Waals surface area contributed by atoms with E-state index in [0.717, 1.165) is 37.8 Å². The molecule has 20 heavy (non-hydrogen) atoms. The van der Waals surface area contributed by atoms with Crippen LogP contribution in [0.15, 0.2) is 24.3 Å². The Kier molecular flexibility index (Phi) is 4.65. The molecular weight excluding hydrogens is 254 g/mol. The van der Waals surface area contributed by atoms with Crippen molar-refractivity contribution in [3.8, 4) is 5.75 Å². The van der Waals surface area contributed by atoms with Crippen LogP contribution in [0.4, 0.5) is 0 Å². The van der Waals surface area contributed by atoms with Gasteiger partial charge in [0.1, 0.15) is 5.75 Å². The highest BCUT2D eigenvalue weighted by Gasteiger charge is 2.41. The van der Waals surface area contributed by atoms with Crippen molar-refractivity contribution in [3.05, 3.63) is 29.8 Å². The predicted octanol–water partition coefficient (Wildman–Crippen LogP) is 2.86. The topological polar surface area (TPSA) is 60.8 Å². The Balaban J connectivity index is 2.08. The van der Waals surface area contributed by atoms with E-state index in [4.69, 9.17) is 0 Å². The number of nitrogens with zero attached hydrogens (tertiary/aromatic N) is 1. The van der Waals surface area contributed by atoms with Gasteiger partial charge in [-0.15, -0.1) is 0 Å². The molecule has 1 aromatic carbocycles. The Morgan fingerprint density at radius 3 is 2.90 bits per heavy atom. The fourth-order valence-corrected chi connectivity index (χ4v) is 3.24. The number of benzene rings is 1. The Morgan fingerprint density at radius 1 is 1.45 bits per heavy atom. The van der Waals surface area contributed by atoms with E-state index in [9.17, 15) is 15.0 Å². The third kappa shape index (κ3) is 3.31. The summed E-state index contributed by atoms with van der Waals surface area (Å²) >= 11 is 0. The molecule has 1 aliphatic rings. The van der Waals surface area contributed by atoms with Crippen LogP contribution < -0.4 is 0 Å². The van der Waals surface area contributed by atoms with Gasteiger partial charge in [0.2, 0.25) is 0 Å². The fraction of sp³-hybridized carbons (Fsp3) is 0.562. The Morgan fingerprint density at radius 2 is 2.25 bits per heavy atom. The zero-order chi connectivity index (χ0) is 14.6. The summed E-state index contributed by atoms with van der Waals surface area (Å²) in [4.78, 5) is 13.8. The van der Waals surface area contributed by atoms with Gasteiger partial charge < -0.3 is 10.2 Å². The van der Waals surface area contributed by atoms with Gasteiger partial charge in [0.05, 0.1) is 5.41 Å². The molecule has 1 heterocycles. The van der Waals surface area contributed by atoms with Crippen LogP contribution in [-0.2, 0) is 11.3 Å². The van der Waals surface area contributed by atoms with Crippen LogP contribution in [0.5, 0.6) is 5.75 Å². The minimum Gasteiger partial charge on any atom is -0.508 e. The van der Waals surface area contributed by atoms with Crippen LogP contribution in [0.1, 0.15) is 38.2 Å². The lowest BCUT2D eigenvalue weighted by Gasteiger charge is -2.40. The summed E-state index contributed by atoms with van der Waals surface area (Å²) in [5, 5.41) is 19.1. The van der Waals surface area contributed by atoms with Gasteiger partial charge in [-0.05, 0) is 43.5 Å². The van der Waals surface area contributed by atoms with Gasteiger partial charge in [0.15, 0.2) is 0 Å². The Hall–Kier alpha value is -1.55. The van der Waals surface area contributed by atoms with E-state index in [2.05, 4.69) is 4.90 Å². The van der Waals surface area contributed by atoms with Crippen molar-refractivity contribution in [2.24, 2.45) is 5.41 Å². The van der Waals surface area contributed by atoms with Crippen LogP contribution >= 0.6 is 0 Å². The zero-order valence-corrected chi connectivity index (χ0v) is 12.0. The number of piperidine rings is 1. The van der Waals surface area contributed by atoms with Crippen LogP contribution in [0.3, 0.4) is 0 Å². The summed E-state index contributed by atoms with van der Waals surface area (Å²) in [6.45, 7) is 4.27. The van der Waals surface area contributed by atoms with Crippen molar-refractivity contribution in [2.75, 3.05) is 13.1 Å². The molecular formula is C16H23NO3. The molecule has 0 amide bonds. The number of likely N-dealkylation sites (tertiary alicyclic amines) is 1. The van der Waals surface area contributed by atoms with Crippen molar-refractivity contribution in [2.45, 2.75) is 39.2 Å². The summed E-state index contributed by atoms with van der Waals surface area (Å²) < 4.78 is 0. The van der Waals surface area contributed by atoms with Gasteiger partial charge in [-0.3, -0.25) is 9.69 Å². The first-order valence-electron chi connectivity index (χ1n) is 7.29. The van der Waals surface area contributed by atoms with Crippen LogP contribution in [0.25, 0.3) is 0 Å². The van der Waals surface area contributed by atoms with Crippen molar-refractivity contribution >= 4 is 5.97 Å². The molecule has 1 atom stereocenters. The quantitative estimate of drug-likeness (QED) is 0.869. The molecule has 1 unspecified atom stereocenters. The van der Waals surface area contributed by atoms with Crippen molar-refractivity contribution in [3.63, 3.8) is 0 Å². The van der Waals surface area contributed by atoms with Crippen LogP contribution in [0, 0.1) is 5.41 Å². The van der Waals surface area contributed by atoms with E-state index in [1.807, 2.05) is 19.1 Å². The Labute approximate surface area is 120 Å². The van der Waals surface area contributed by atoms with Gasteiger partial charge in [-0.2, -0.15) is 0 Å². The SMILES string of the molecule is CCCC1(C(=O)O)CCCN(Cc2cccc(O)c2)C1. The minimum atomic E-state index is -0.667. The molecule has 1 aliphatic heterocycles. The summed E-state index contributed by atoms with van der Waals surface area (Å²) in [7, 11) is 0. The first-order valence-corrected chi connectivity index (χ1v) is 7.29. The molecule has 0 radical (unpaired) electrons. The largest absolute Gasteiger partial charge is 0.508 e. The number of aliphatic carboxylic acids is 1. The standard InChI is InChI=1S/C16H23NO3/c1-2-7-16(15(19)20)8-4-9-17(12-16)11-13-5-3-6-14(18)10-13/h3,5-6,10,18H,2,4,7-9,11-12H2,1H3,(H,19,20). The van der Waals surface area contributed by atoms with Gasteiger partial charge in [-0.25, -0.2) is 0 Å². The third-order valence-electron chi connectivity index (χ3n) is 4.15. The molecule has 2 N–H and O–H groups in total. The highest BCUT2D eigenvalue weighted by molar-refractivity contribution is 5.75. The molecule has 2 rings (SSSR count). The Bertz CT molecular complexity index is 471. The van der Waals surface area contributed by atoms with Crippen LogP contribution in [-0.4, -0.2) is 34.2 Å². The highest BCUT2D eigenvalue weighted by Crippen LogP contribution is 2.35. The maximum atomic E-state index is 11.7. The van der Waals surface area contributed by atoms with Gasteiger partial charge in [0, 0.05) is 13.1 Å². The number of carbonyl (C=O) groups is 1. The van der Waals surface area contributed by atoms with E-state index in [-0.39, 0.29) is 5.75 Å². The van der Waals surface area contributed by atoms with Crippen molar-refractivity contribution in [1.29, 1.82) is 0 Å². The third-order valence-corrected chi connectivity index (χ3v) is 4.15. The fourth-order valence-electron chi connectivity index (χ4n) is 3.24. The van der Waals surface area contributed by atoms with E-state index >= 15 is 0 Å². The molecule has 0 aromatic heterocycles. The summed E-state index contributed by atoms with van der Waals surface area (Å²) in [6, 6.07) is 7.19. The molecule has 0 bridgehead atoms. The number of hydrogen-bond donors (Lipinski definition) is 2. The molecule has 0 aliphatic carbocycles. The first-order chi connectivity index (χ1) is 9.55. The lowest BCUT2D eigenvalue weighted by atomic mass is 9.76. The van der Waals surface area contributed by atoms with E-state index in [1.165, 1.54) is 0 Å². The van der Waals surface area contributed by atoms with E-state index in [1.54, 1.807) is 12.1 Å². The molecule has 0 saturated carbocycles. The number of phenolic OH excluding ortho intramolecular Hbond substituents is 1. The summed E-state index contributed by atoms with van der Waals surface area (Å²) in [6.07, 6.45) is 3.32. The molecule has 1 aromatic rings. The maximum Gasteiger partial charge on any atom is 0.310 e. The molecule has 4 heteroatoms. The monoisotopic (exact) mass is 277 g/mol. The first kappa shape index (κ1) is 14.9. The zero-order valence-electron chi connectivity index (χ0n) is 12.0. The smallest absolute Gasteiger partial charge is 0.310 e. The second-order valence-corrected chi connectivity index (χ2v) is 5.82. The number of rotatable bonds is 5. The molecule has 4 nitrogen and oxygen atoms in total. The maximum absolute atomic E-state index is 11.7. The average molecular weight is 277 g/mol. The van der Waals surface area contributed by atoms with Gasteiger partial charge in [0.25, 0.3) is 0 Å². The summed E-state index contributed by atoms with van der Waals surface area (Å²) in [5.41, 5.74) is 0.437. The van der Waals surface area contributed by atoms with Gasteiger partial charge in [-0.1, -0.05) is 25.5 Å². The van der Waals surface area contributed by atoms with E-state index in [0.29, 0.717) is 13.1 Å². The lowest BCUT2D eigenvalue weighted by Crippen LogP contribution is -2.47. The summed E-state index contributed by atoms with van der Waals surface area (Å²) in [5.74, 6) is -0.405. The van der Waals surface area contributed by atoms with Crippen molar-refractivity contribution < 1.29 is 15.0 Å². The molecule has 1 fully saturated rings. The molecule has 1 saturated heterocycles.